The standard InChI is InChI=1S/C33H73NO3Si4/c1-8-15-23-30-39(11-4,33-27-20-17-21-28-33)36-41(14-7,31-24-22-29-34)37-40(12-5,13-6)35-38(9-2,10-3)32-25-18-16-19-26-32/h32-33H,8-31,34H2,1-7H3. The highest BCUT2D eigenvalue weighted by Gasteiger charge is 2.55. The Balaban J connectivity index is 2.52. The van der Waals surface area contributed by atoms with Gasteiger partial charge in [-0.2, -0.15) is 0 Å². The molecule has 4 nitrogen and oxygen atoms in total. The number of hydrogen-bond acceptors (Lipinski definition) is 4. The van der Waals surface area contributed by atoms with Gasteiger partial charge in [0, 0.05) is 0 Å². The van der Waals surface area contributed by atoms with Crippen LogP contribution < -0.4 is 5.73 Å². The minimum Gasteiger partial charge on any atom is -0.436 e. The molecule has 0 aromatic rings. The first-order chi connectivity index (χ1) is 19.8. The van der Waals surface area contributed by atoms with Gasteiger partial charge in [-0.3, -0.25) is 0 Å². The van der Waals surface area contributed by atoms with E-state index in [1.54, 1.807) is 0 Å². The lowest BCUT2D eigenvalue weighted by atomic mass is 10.0. The smallest absolute Gasteiger partial charge is 0.318 e. The average molecular weight is 644 g/mol. The minimum absolute atomic E-state index is 0.771. The van der Waals surface area contributed by atoms with Crippen molar-refractivity contribution in [3.05, 3.63) is 0 Å². The summed E-state index contributed by atoms with van der Waals surface area (Å²) in [6, 6.07) is 9.41. The highest BCUT2D eigenvalue weighted by Crippen LogP contribution is 2.48. The zero-order valence-corrected chi connectivity index (χ0v) is 32.9. The van der Waals surface area contributed by atoms with E-state index in [4.69, 9.17) is 18.1 Å². The van der Waals surface area contributed by atoms with Crippen LogP contribution in [-0.2, 0) is 12.3 Å². The second kappa shape index (κ2) is 19.3. The maximum absolute atomic E-state index is 8.03. The Morgan fingerprint density at radius 3 is 1.39 bits per heavy atom. The molecule has 2 rings (SSSR count). The molecule has 244 valence electrons. The third-order valence-corrected chi connectivity index (χ3v) is 33.9. The van der Waals surface area contributed by atoms with Gasteiger partial charge in [-0.1, -0.05) is 138 Å². The molecule has 0 heterocycles. The molecule has 0 bridgehead atoms. The molecule has 0 aromatic carbocycles. The summed E-state index contributed by atoms with van der Waals surface area (Å²) in [6.45, 7) is 17.7. The Kier molecular flexibility index (Phi) is 17.8. The van der Waals surface area contributed by atoms with E-state index >= 15 is 0 Å². The Bertz CT molecular complexity index is 681. The topological polar surface area (TPSA) is 53.7 Å². The molecule has 2 saturated carbocycles. The van der Waals surface area contributed by atoms with Crippen molar-refractivity contribution in [3.8, 4) is 0 Å². The molecule has 2 atom stereocenters. The molecule has 41 heavy (non-hydrogen) atoms. The van der Waals surface area contributed by atoms with Gasteiger partial charge >= 0.3 is 17.1 Å². The quantitative estimate of drug-likeness (QED) is 0.0942. The zero-order valence-electron chi connectivity index (χ0n) is 28.9. The number of unbranched alkanes of at least 4 members (excludes halogenated alkanes) is 3. The molecule has 0 radical (unpaired) electrons. The molecule has 0 amide bonds. The fraction of sp³-hybridized carbons (Fsp3) is 1.00. The van der Waals surface area contributed by atoms with Crippen LogP contribution in [0.25, 0.3) is 0 Å². The fourth-order valence-corrected chi connectivity index (χ4v) is 34.4. The maximum Gasteiger partial charge on any atom is 0.318 e. The molecule has 0 aliphatic heterocycles. The Morgan fingerprint density at radius 2 is 0.951 bits per heavy atom. The summed E-state index contributed by atoms with van der Waals surface area (Å²) in [7, 11) is -8.80. The molecule has 8 heteroatoms. The Hall–Kier alpha value is 0.708. The summed E-state index contributed by atoms with van der Waals surface area (Å²) in [5.41, 5.74) is 7.70. The molecule has 2 fully saturated rings. The van der Waals surface area contributed by atoms with Crippen LogP contribution in [0, 0.1) is 0 Å². The van der Waals surface area contributed by atoms with Crippen molar-refractivity contribution in [1.82, 2.24) is 0 Å². The van der Waals surface area contributed by atoms with Crippen LogP contribution in [0.15, 0.2) is 0 Å². The van der Waals surface area contributed by atoms with Crippen molar-refractivity contribution < 1.29 is 12.3 Å². The predicted molar refractivity (Wildman–Crippen MR) is 190 cm³/mol. The first kappa shape index (κ1) is 37.9. The van der Waals surface area contributed by atoms with E-state index in [-0.39, 0.29) is 0 Å². The predicted octanol–water partition coefficient (Wildman–Crippen LogP) is 11.5. The van der Waals surface area contributed by atoms with Gasteiger partial charge in [0.25, 0.3) is 0 Å². The van der Waals surface area contributed by atoms with Gasteiger partial charge in [0.15, 0.2) is 16.6 Å². The van der Waals surface area contributed by atoms with Crippen LogP contribution >= 0.6 is 0 Å². The van der Waals surface area contributed by atoms with Gasteiger partial charge < -0.3 is 18.1 Å². The highest BCUT2D eigenvalue weighted by atomic mass is 28.5. The van der Waals surface area contributed by atoms with Crippen molar-refractivity contribution >= 4 is 33.8 Å². The van der Waals surface area contributed by atoms with Crippen LogP contribution in [0.3, 0.4) is 0 Å². The van der Waals surface area contributed by atoms with E-state index in [2.05, 4.69) is 48.5 Å². The molecule has 2 aliphatic rings. The number of nitrogens with two attached hydrogens (primary N) is 1. The van der Waals surface area contributed by atoms with Gasteiger partial charge in [0.1, 0.15) is 0 Å². The van der Waals surface area contributed by atoms with Gasteiger partial charge in [0.05, 0.1) is 0 Å². The van der Waals surface area contributed by atoms with E-state index < -0.39 is 33.8 Å². The summed E-state index contributed by atoms with van der Waals surface area (Å²) in [5.74, 6) is 0. The Morgan fingerprint density at radius 1 is 0.488 bits per heavy atom. The van der Waals surface area contributed by atoms with Gasteiger partial charge in [0.2, 0.25) is 0 Å². The maximum atomic E-state index is 8.03. The normalized spacial score (nSPS) is 21.1. The van der Waals surface area contributed by atoms with Crippen molar-refractivity contribution in [2.45, 2.75) is 204 Å². The fourth-order valence-electron chi connectivity index (χ4n) is 8.48. The highest BCUT2D eigenvalue weighted by molar-refractivity contribution is 6.92. The van der Waals surface area contributed by atoms with Gasteiger partial charge in [-0.05, 0) is 72.4 Å². The van der Waals surface area contributed by atoms with Gasteiger partial charge in [-0.25, -0.2) is 0 Å². The lowest BCUT2D eigenvalue weighted by molar-refractivity contribution is 0.284. The lowest BCUT2D eigenvalue weighted by Crippen LogP contribution is -2.63. The first-order valence-corrected chi connectivity index (χ1v) is 27.9. The third-order valence-electron chi connectivity index (χ3n) is 11.5. The molecule has 0 spiro atoms. The van der Waals surface area contributed by atoms with E-state index in [9.17, 15) is 0 Å². The lowest BCUT2D eigenvalue weighted by Gasteiger charge is -2.51. The first-order valence-electron chi connectivity index (χ1n) is 18.6. The van der Waals surface area contributed by atoms with Crippen LogP contribution in [-0.4, -0.2) is 40.3 Å². The zero-order chi connectivity index (χ0) is 30.2. The van der Waals surface area contributed by atoms with E-state index in [1.165, 1.54) is 108 Å². The number of rotatable bonds is 22. The molecule has 2 unspecified atom stereocenters. The molecule has 2 aliphatic carbocycles. The van der Waals surface area contributed by atoms with Crippen LogP contribution in [0.2, 0.25) is 59.4 Å². The molecular formula is C33H73NO3Si4. The SMILES string of the molecule is CCCCC[Si](CC)(O[Si](CC)(CCCCN)O[Si](CC)(CC)O[Si](CC)(CC)C1CCCCC1)C1CCCCC1. The van der Waals surface area contributed by atoms with Crippen LogP contribution in [0.1, 0.15) is 145 Å². The van der Waals surface area contributed by atoms with Crippen molar-refractivity contribution in [2.24, 2.45) is 5.73 Å². The summed E-state index contributed by atoms with van der Waals surface area (Å²) >= 11 is 0. The summed E-state index contributed by atoms with van der Waals surface area (Å²) in [4.78, 5) is 0. The molecular weight excluding hydrogens is 571 g/mol. The average Bonchev–Trinajstić information content (AvgIpc) is 3.03. The largest absolute Gasteiger partial charge is 0.436 e. The van der Waals surface area contributed by atoms with Crippen LogP contribution in [0.5, 0.6) is 0 Å². The van der Waals surface area contributed by atoms with Crippen molar-refractivity contribution in [3.63, 3.8) is 0 Å². The second-order valence-electron chi connectivity index (χ2n) is 13.8. The van der Waals surface area contributed by atoms with Crippen molar-refractivity contribution in [2.75, 3.05) is 6.54 Å². The van der Waals surface area contributed by atoms with Crippen LogP contribution in [0.4, 0.5) is 0 Å². The second-order valence-corrected chi connectivity index (χ2v) is 31.0. The van der Waals surface area contributed by atoms with E-state index in [1.807, 2.05) is 0 Å². The van der Waals surface area contributed by atoms with Crippen molar-refractivity contribution in [1.29, 1.82) is 0 Å². The minimum atomic E-state index is -2.49. The molecule has 2 N–H and O–H groups in total. The molecule has 0 aromatic heterocycles. The van der Waals surface area contributed by atoms with E-state index in [0.717, 1.165) is 54.6 Å². The summed E-state index contributed by atoms with van der Waals surface area (Å²) < 4.78 is 23.7. The summed E-state index contributed by atoms with van der Waals surface area (Å²) in [6.07, 6.45) is 20.2. The third kappa shape index (κ3) is 10.4. The summed E-state index contributed by atoms with van der Waals surface area (Å²) in [5, 5.41) is 0. The van der Waals surface area contributed by atoms with E-state index in [0.29, 0.717) is 0 Å². The molecule has 0 saturated heterocycles. The monoisotopic (exact) mass is 643 g/mol. The van der Waals surface area contributed by atoms with Gasteiger partial charge in [-0.15, -0.1) is 0 Å². The number of hydrogen-bond donors (Lipinski definition) is 1. The Labute approximate surface area is 261 Å².